The molecule has 146 valence electrons. The first-order chi connectivity index (χ1) is 13.1. The van der Waals surface area contributed by atoms with Crippen molar-refractivity contribution in [3.8, 4) is 11.5 Å². The Morgan fingerprint density at radius 2 is 1.48 bits per heavy atom. The monoisotopic (exact) mass is 371 g/mol. The fourth-order valence-corrected chi connectivity index (χ4v) is 2.35. The van der Waals surface area contributed by atoms with Crippen LogP contribution in [0.15, 0.2) is 48.5 Å². The van der Waals surface area contributed by atoms with E-state index in [0.29, 0.717) is 37.8 Å². The zero-order valence-electron chi connectivity index (χ0n) is 16.4. The summed E-state index contributed by atoms with van der Waals surface area (Å²) < 4.78 is 16.1. The second-order valence-corrected chi connectivity index (χ2v) is 6.72. The van der Waals surface area contributed by atoms with Crippen LogP contribution in [0.3, 0.4) is 0 Å². The lowest BCUT2D eigenvalue weighted by molar-refractivity contribution is 0.0951. The summed E-state index contributed by atoms with van der Waals surface area (Å²) in [6.45, 7) is 6.55. The van der Waals surface area contributed by atoms with Crippen molar-refractivity contribution in [3.63, 3.8) is 0 Å². The number of methoxy groups -OCH3 is 1. The second kappa shape index (κ2) is 11.2. The van der Waals surface area contributed by atoms with Crippen molar-refractivity contribution < 1.29 is 19.0 Å². The van der Waals surface area contributed by atoms with Crippen molar-refractivity contribution in [2.24, 2.45) is 5.92 Å². The number of benzene rings is 2. The zero-order valence-corrected chi connectivity index (χ0v) is 16.4. The van der Waals surface area contributed by atoms with Gasteiger partial charge in [0.1, 0.15) is 18.1 Å². The first-order valence-electron chi connectivity index (χ1n) is 9.30. The summed E-state index contributed by atoms with van der Waals surface area (Å²) in [6, 6.07) is 14.9. The molecule has 0 atom stereocenters. The number of hydrogen-bond acceptors (Lipinski definition) is 4. The van der Waals surface area contributed by atoms with Crippen molar-refractivity contribution in [1.82, 2.24) is 5.32 Å². The molecule has 5 nitrogen and oxygen atoms in total. The van der Waals surface area contributed by atoms with Crippen LogP contribution in [-0.4, -0.2) is 32.8 Å². The molecule has 0 bridgehead atoms. The van der Waals surface area contributed by atoms with E-state index in [0.717, 1.165) is 23.5 Å². The Hall–Kier alpha value is -2.53. The first kappa shape index (κ1) is 20.8. The summed E-state index contributed by atoms with van der Waals surface area (Å²) in [5, 5.41) is 2.92. The molecule has 2 aromatic rings. The van der Waals surface area contributed by atoms with Crippen molar-refractivity contribution in [1.29, 1.82) is 0 Å². The van der Waals surface area contributed by atoms with Crippen molar-refractivity contribution in [3.05, 3.63) is 59.7 Å². The molecule has 0 aliphatic rings. The molecular weight excluding hydrogens is 342 g/mol. The number of carbonyl (C=O) groups is 1. The van der Waals surface area contributed by atoms with E-state index in [1.807, 2.05) is 36.4 Å². The molecule has 0 aromatic heterocycles. The van der Waals surface area contributed by atoms with E-state index in [1.54, 1.807) is 19.2 Å². The molecule has 0 spiro atoms. The maximum absolute atomic E-state index is 12.3. The molecule has 5 heteroatoms. The summed E-state index contributed by atoms with van der Waals surface area (Å²) in [5.74, 6) is 2.08. The third-order valence-electron chi connectivity index (χ3n) is 4.01. The van der Waals surface area contributed by atoms with Gasteiger partial charge in [0.15, 0.2) is 0 Å². The minimum Gasteiger partial charge on any atom is -0.494 e. The van der Waals surface area contributed by atoms with Crippen LogP contribution in [0.2, 0.25) is 0 Å². The number of nitrogens with one attached hydrogen (secondary N) is 1. The quantitative estimate of drug-likeness (QED) is 0.605. The molecule has 0 heterocycles. The molecule has 1 N–H and O–H groups in total. The molecular formula is C22H29NO4. The SMILES string of the molecule is COCCOc1ccc(CNC(=O)c2ccc(OCCC(C)C)cc2)cc1. The Morgan fingerprint density at radius 1 is 0.889 bits per heavy atom. The highest BCUT2D eigenvalue weighted by molar-refractivity contribution is 5.94. The van der Waals surface area contributed by atoms with Crippen LogP contribution in [0, 0.1) is 5.92 Å². The Kier molecular flexibility index (Phi) is 8.65. The molecule has 1 amide bonds. The summed E-state index contributed by atoms with van der Waals surface area (Å²) in [4.78, 5) is 12.3. The molecule has 2 rings (SSSR count). The molecule has 0 fully saturated rings. The minimum absolute atomic E-state index is 0.107. The van der Waals surface area contributed by atoms with Crippen molar-refractivity contribution in [2.75, 3.05) is 26.9 Å². The van der Waals surface area contributed by atoms with E-state index < -0.39 is 0 Å². The van der Waals surface area contributed by atoms with E-state index in [4.69, 9.17) is 14.2 Å². The van der Waals surface area contributed by atoms with Gasteiger partial charge in [-0.3, -0.25) is 4.79 Å². The third kappa shape index (κ3) is 7.71. The van der Waals surface area contributed by atoms with Crippen LogP contribution in [0.4, 0.5) is 0 Å². The molecule has 0 unspecified atom stereocenters. The summed E-state index contributed by atoms with van der Waals surface area (Å²) in [7, 11) is 1.64. The van der Waals surface area contributed by atoms with Gasteiger partial charge in [-0.1, -0.05) is 26.0 Å². The molecule has 0 aliphatic carbocycles. The molecule has 0 saturated heterocycles. The zero-order chi connectivity index (χ0) is 19.5. The lowest BCUT2D eigenvalue weighted by atomic mass is 10.1. The lowest BCUT2D eigenvalue weighted by Crippen LogP contribution is -2.22. The van der Waals surface area contributed by atoms with Crippen LogP contribution in [0.5, 0.6) is 11.5 Å². The van der Waals surface area contributed by atoms with Gasteiger partial charge < -0.3 is 19.5 Å². The lowest BCUT2D eigenvalue weighted by Gasteiger charge is -2.10. The fraction of sp³-hybridized carbons (Fsp3) is 0.409. The highest BCUT2D eigenvalue weighted by Crippen LogP contribution is 2.14. The van der Waals surface area contributed by atoms with Crippen LogP contribution in [-0.2, 0) is 11.3 Å². The number of hydrogen-bond donors (Lipinski definition) is 1. The number of rotatable bonds is 11. The normalized spacial score (nSPS) is 10.7. The topological polar surface area (TPSA) is 56.8 Å². The maximum atomic E-state index is 12.3. The van der Waals surface area contributed by atoms with Crippen LogP contribution in [0.25, 0.3) is 0 Å². The molecule has 2 aromatic carbocycles. The highest BCUT2D eigenvalue weighted by atomic mass is 16.5. The van der Waals surface area contributed by atoms with E-state index in [1.165, 1.54) is 0 Å². The van der Waals surface area contributed by atoms with E-state index in [2.05, 4.69) is 19.2 Å². The molecule has 0 saturated carbocycles. The minimum atomic E-state index is -0.107. The average Bonchev–Trinajstić information content (AvgIpc) is 2.67. The Bertz CT molecular complexity index is 680. The fourth-order valence-electron chi connectivity index (χ4n) is 2.35. The predicted octanol–water partition coefficient (Wildman–Crippen LogP) is 4.07. The maximum Gasteiger partial charge on any atom is 0.251 e. The van der Waals surface area contributed by atoms with E-state index in [9.17, 15) is 4.79 Å². The number of ether oxygens (including phenoxy) is 3. The molecule has 0 radical (unpaired) electrons. The molecule has 0 aliphatic heterocycles. The Labute approximate surface area is 161 Å². The van der Waals surface area contributed by atoms with E-state index in [-0.39, 0.29) is 5.91 Å². The highest BCUT2D eigenvalue weighted by Gasteiger charge is 2.06. The van der Waals surface area contributed by atoms with Gasteiger partial charge in [0, 0.05) is 19.2 Å². The van der Waals surface area contributed by atoms with Crippen LogP contribution < -0.4 is 14.8 Å². The average molecular weight is 371 g/mol. The number of carbonyl (C=O) groups excluding carboxylic acids is 1. The van der Waals surface area contributed by atoms with Crippen molar-refractivity contribution in [2.45, 2.75) is 26.8 Å². The summed E-state index contributed by atoms with van der Waals surface area (Å²) in [6.07, 6.45) is 1.01. The largest absolute Gasteiger partial charge is 0.494 e. The predicted molar refractivity (Wildman–Crippen MR) is 106 cm³/mol. The van der Waals surface area contributed by atoms with Gasteiger partial charge in [-0.15, -0.1) is 0 Å². The van der Waals surface area contributed by atoms with Gasteiger partial charge in [-0.05, 0) is 54.3 Å². The third-order valence-corrected chi connectivity index (χ3v) is 4.01. The number of amides is 1. The summed E-state index contributed by atoms with van der Waals surface area (Å²) in [5.41, 5.74) is 1.63. The Balaban J connectivity index is 1.77. The first-order valence-corrected chi connectivity index (χ1v) is 9.30. The summed E-state index contributed by atoms with van der Waals surface area (Å²) >= 11 is 0. The smallest absolute Gasteiger partial charge is 0.251 e. The van der Waals surface area contributed by atoms with Crippen LogP contribution >= 0.6 is 0 Å². The Morgan fingerprint density at radius 3 is 2.07 bits per heavy atom. The van der Waals surface area contributed by atoms with Gasteiger partial charge in [-0.2, -0.15) is 0 Å². The second-order valence-electron chi connectivity index (χ2n) is 6.72. The van der Waals surface area contributed by atoms with Gasteiger partial charge in [-0.25, -0.2) is 0 Å². The van der Waals surface area contributed by atoms with Gasteiger partial charge >= 0.3 is 0 Å². The van der Waals surface area contributed by atoms with Crippen LogP contribution in [0.1, 0.15) is 36.2 Å². The van der Waals surface area contributed by atoms with E-state index >= 15 is 0 Å². The van der Waals surface area contributed by atoms with Crippen molar-refractivity contribution >= 4 is 5.91 Å². The standard InChI is InChI=1S/C22H29NO4/c1-17(2)12-13-26-21-10-6-19(7-11-21)22(24)23-16-18-4-8-20(9-5-18)27-15-14-25-3/h4-11,17H,12-16H2,1-3H3,(H,23,24). The van der Waals surface area contributed by atoms with Gasteiger partial charge in [0.05, 0.1) is 13.2 Å². The van der Waals surface area contributed by atoms with Gasteiger partial charge in [0.2, 0.25) is 0 Å². The molecule has 27 heavy (non-hydrogen) atoms. The van der Waals surface area contributed by atoms with Gasteiger partial charge in [0.25, 0.3) is 5.91 Å².